The van der Waals surface area contributed by atoms with Gasteiger partial charge in [0.05, 0.1) is 0 Å². The van der Waals surface area contributed by atoms with Crippen molar-refractivity contribution in [2.75, 3.05) is 20.7 Å². The van der Waals surface area contributed by atoms with Crippen molar-refractivity contribution in [3.05, 3.63) is 0 Å². The van der Waals surface area contributed by atoms with E-state index < -0.39 is 0 Å². The fraction of sp³-hybridized carbons (Fsp3) is 1.00. The van der Waals surface area contributed by atoms with Gasteiger partial charge in [0.25, 0.3) is 0 Å². The van der Waals surface area contributed by atoms with Crippen LogP contribution in [-0.2, 0) is 0 Å². The van der Waals surface area contributed by atoms with E-state index in [1.54, 1.807) is 0 Å². The molecule has 1 saturated carbocycles. The fourth-order valence-corrected chi connectivity index (χ4v) is 1.42. The number of rotatable bonds is 4. The Labute approximate surface area is 76.6 Å². The van der Waals surface area contributed by atoms with E-state index in [1.165, 1.54) is 38.6 Å². The van der Waals surface area contributed by atoms with Crippen molar-refractivity contribution >= 4 is 0 Å². The predicted octanol–water partition coefficient (Wildman–Crippen LogP) is 1.88. The van der Waals surface area contributed by atoms with E-state index >= 15 is 0 Å². The van der Waals surface area contributed by atoms with Gasteiger partial charge in [-0.15, -0.1) is 0 Å². The van der Waals surface area contributed by atoms with Crippen LogP contribution >= 0.6 is 0 Å². The Balaban J connectivity index is 0.000000561. The highest BCUT2D eigenvalue weighted by Gasteiger charge is 2.20. The molecule has 2 heteroatoms. The van der Waals surface area contributed by atoms with Crippen LogP contribution in [0.2, 0.25) is 0 Å². The van der Waals surface area contributed by atoms with E-state index in [0.717, 1.165) is 13.2 Å². The summed E-state index contributed by atoms with van der Waals surface area (Å²) in [5.74, 6) is 0. The highest BCUT2D eigenvalue weighted by Crippen LogP contribution is 2.23. The molecule has 1 rings (SSSR count). The number of nitrogens with zero attached hydrogens (tertiary/aromatic N) is 1. The maximum Gasteiger partial charge on any atom is 0.0319 e. The van der Waals surface area contributed by atoms with Crippen molar-refractivity contribution in [3.63, 3.8) is 0 Å². The van der Waals surface area contributed by atoms with Gasteiger partial charge in [-0.05, 0) is 32.9 Å². The number of hydrogen-bond donors (Lipinski definition) is 1. The Morgan fingerprint density at radius 1 is 1.33 bits per heavy atom. The second kappa shape index (κ2) is 7.56. The average Bonchev–Trinajstić information content (AvgIpc) is 2.01. The van der Waals surface area contributed by atoms with Gasteiger partial charge in [-0.3, -0.25) is 0 Å². The standard InChI is InChI=1S/C9H19N.CH4O/c1-3-4-8-10(2)9-6-5-7-9;1-2/h9H,3-8H2,1-2H3;2H,1H3. The highest BCUT2D eigenvalue weighted by atomic mass is 16.2. The van der Waals surface area contributed by atoms with E-state index in [2.05, 4.69) is 18.9 Å². The molecular weight excluding hydrogens is 150 g/mol. The normalized spacial score (nSPS) is 16.8. The summed E-state index contributed by atoms with van der Waals surface area (Å²) in [6.07, 6.45) is 7.05. The third-order valence-electron chi connectivity index (χ3n) is 2.56. The molecule has 0 unspecified atom stereocenters. The average molecular weight is 173 g/mol. The van der Waals surface area contributed by atoms with Gasteiger partial charge in [0.1, 0.15) is 0 Å². The fourth-order valence-electron chi connectivity index (χ4n) is 1.42. The molecule has 2 nitrogen and oxygen atoms in total. The lowest BCUT2D eigenvalue weighted by molar-refractivity contribution is 0.158. The summed E-state index contributed by atoms with van der Waals surface area (Å²) in [5.41, 5.74) is 0. The quantitative estimate of drug-likeness (QED) is 0.701. The second-order valence-corrected chi connectivity index (χ2v) is 3.42. The smallest absolute Gasteiger partial charge is 0.0319 e. The first-order valence-electron chi connectivity index (χ1n) is 4.99. The molecule has 1 fully saturated rings. The summed E-state index contributed by atoms with van der Waals surface area (Å²) in [6, 6.07) is 0.937. The molecule has 0 bridgehead atoms. The van der Waals surface area contributed by atoms with Gasteiger partial charge in [-0.25, -0.2) is 0 Å². The molecule has 1 N–H and O–H groups in total. The molecule has 0 atom stereocenters. The van der Waals surface area contributed by atoms with Crippen LogP contribution in [0.1, 0.15) is 39.0 Å². The van der Waals surface area contributed by atoms with Crippen molar-refractivity contribution in [3.8, 4) is 0 Å². The summed E-state index contributed by atoms with van der Waals surface area (Å²) in [7, 11) is 3.26. The highest BCUT2D eigenvalue weighted by molar-refractivity contribution is 4.77. The number of aliphatic hydroxyl groups is 1. The molecule has 0 aromatic heterocycles. The van der Waals surface area contributed by atoms with E-state index in [1.807, 2.05) is 0 Å². The Hall–Kier alpha value is -0.0800. The minimum absolute atomic E-state index is 0.937. The zero-order valence-corrected chi connectivity index (χ0v) is 8.71. The Morgan fingerprint density at radius 3 is 2.25 bits per heavy atom. The van der Waals surface area contributed by atoms with Crippen molar-refractivity contribution < 1.29 is 5.11 Å². The zero-order chi connectivity index (χ0) is 9.40. The Kier molecular flexibility index (Phi) is 7.51. The van der Waals surface area contributed by atoms with Crippen LogP contribution in [0.4, 0.5) is 0 Å². The van der Waals surface area contributed by atoms with Gasteiger partial charge in [0, 0.05) is 13.2 Å². The molecule has 0 radical (unpaired) electrons. The lowest BCUT2D eigenvalue weighted by Gasteiger charge is -2.34. The maximum atomic E-state index is 7.00. The lowest BCUT2D eigenvalue weighted by atomic mass is 9.92. The van der Waals surface area contributed by atoms with Gasteiger partial charge in [0.2, 0.25) is 0 Å². The largest absolute Gasteiger partial charge is 0.400 e. The molecule has 1 aliphatic rings. The van der Waals surface area contributed by atoms with E-state index in [4.69, 9.17) is 5.11 Å². The molecule has 0 spiro atoms. The summed E-state index contributed by atoms with van der Waals surface area (Å²) < 4.78 is 0. The van der Waals surface area contributed by atoms with Gasteiger partial charge in [0.15, 0.2) is 0 Å². The molecule has 0 aromatic rings. The number of hydrogen-bond acceptors (Lipinski definition) is 2. The van der Waals surface area contributed by atoms with Crippen LogP contribution in [0.5, 0.6) is 0 Å². The molecule has 0 amide bonds. The van der Waals surface area contributed by atoms with Crippen LogP contribution in [0.3, 0.4) is 0 Å². The van der Waals surface area contributed by atoms with Crippen molar-refractivity contribution in [1.82, 2.24) is 4.90 Å². The molecule has 12 heavy (non-hydrogen) atoms. The minimum Gasteiger partial charge on any atom is -0.400 e. The van der Waals surface area contributed by atoms with Gasteiger partial charge >= 0.3 is 0 Å². The van der Waals surface area contributed by atoms with Crippen molar-refractivity contribution in [2.45, 2.75) is 45.1 Å². The first-order valence-corrected chi connectivity index (χ1v) is 4.99. The first-order chi connectivity index (χ1) is 5.84. The van der Waals surface area contributed by atoms with Crippen LogP contribution < -0.4 is 0 Å². The van der Waals surface area contributed by atoms with Crippen molar-refractivity contribution in [2.24, 2.45) is 0 Å². The molecule has 74 valence electrons. The SMILES string of the molecule is CCCCN(C)C1CCC1.CO. The summed E-state index contributed by atoms with van der Waals surface area (Å²) in [5, 5.41) is 7.00. The Bertz CT molecular complexity index is 91.8. The van der Waals surface area contributed by atoms with Crippen LogP contribution in [0.25, 0.3) is 0 Å². The third kappa shape index (κ3) is 4.07. The summed E-state index contributed by atoms with van der Waals surface area (Å²) >= 11 is 0. The van der Waals surface area contributed by atoms with Gasteiger partial charge in [-0.2, -0.15) is 0 Å². The molecular formula is C10H23NO. The summed E-state index contributed by atoms with van der Waals surface area (Å²) in [4.78, 5) is 2.52. The van der Waals surface area contributed by atoms with E-state index in [0.29, 0.717) is 0 Å². The molecule has 0 aliphatic heterocycles. The first kappa shape index (κ1) is 11.9. The topological polar surface area (TPSA) is 23.5 Å². The number of unbranched alkanes of at least 4 members (excludes halogenated alkanes) is 1. The van der Waals surface area contributed by atoms with E-state index in [9.17, 15) is 0 Å². The minimum atomic E-state index is 0.937. The monoisotopic (exact) mass is 173 g/mol. The predicted molar refractivity (Wildman–Crippen MR) is 53.3 cm³/mol. The van der Waals surface area contributed by atoms with Gasteiger partial charge in [-0.1, -0.05) is 19.8 Å². The second-order valence-electron chi connectivity index (χ2n) is 3.42. The molecule has 0 saturated heterocycles. The van der Waals surface area contributed by atoms with Gasteiger partial charge < -0.3 is 10.0 Å². The van der Waals surface area contributed by atoms with Crippen molar-refractivity contribution in [1.29, 1.82) is 0 Å². The van der Waals surface area contributed by atoms with Crippen LogP contribution in [-0.4, -0.2) is 36.8 Å². The molecule has 1 aliphatic carbocycles. The Morgan fingerprint density at radius 2 is 1.92 bits per heavy atom. The molecule has 0 aromatic carbocycles. The summed E-state index contributed by atoms with van der Waals surface area (Å²) in [6.45, 7) is 3.57. The van der Waals surface area contributed by atoms with Crippen LogP contribution in [0, 0.1) is 0 Å². The third-order valence-corrected chi connectivity index (χ3v) is 2.56. The lowest BCUT2D eigenvalue weighted by Crippen LogP contribution is -2.37. The molecule has 0 heterocycles. The maximum absolute atomic E-state index is 7.00. The zero-order valence-electron chi connectivity index (χ0n) is 8.71. The van der Waals surface area contributed by atoms with Crippen LogP contribution in [0.15, 0.2) is 0 Å². The van der Waals surface area contributed by atoms with E-state index in [-0.39, 0.29) is 0 Å². The number of aliphatic hydroxyl groups excluding tert-OH is 1.